The van der Waals surface area contributed by atoms with Gasteiger partial charge in [-0.1, -0.05) is 19.3 Å². The molecular formula is C14H18F3NOS. The predicted molar refractivity (Wildman–Crippen MR) is 73.5 cm³/mol. The monoisotopic (exact) mass is 305 g/mol. The number of hydrogen-bond acceptors (Lipinski definition) is 3. The number of thioether (sulfide) groups is 1. The summed E-state index contributed by atoms with van der Waals surface area (Å²) in [5.41, 5.74) is 2.24. The van der Waals surface area contributed by atoms with Crippen molar-refractivity contribution in [2.24, 2.45) is 11.7 Å². The molecule has 0 aliphatic heterocycles. The molecule has 1 aromatic carbocycles. The SMILES string of the molecule is N[C@H](c1cc(SC(F)(F)F)ccc1O)C1CCCCC1. The third-order valence-corrected chi connectivity index (χ3v) is 4.47. The van der Waals surface area contributed by atoms with Crippen molar-refractivity contribution < 1.29 is 18.3 Å². The Labute approximate surface area is 120 Å². The summed E-state index contributed by atoms with van der Waals surface area (Å²) in [6.07, 6.45) is 5.31. The smallest absolute Gasteiger partial charge is 0.446 e. The molecule has 2 rings (SSSR count). The Morgan fingerprint density at radius 3 is 2.45 bits per heavy atom. The van der Waals surface area contributed by atoms with Crippen molar-refractivity contribution in [1.29, 1.82) is 0 Å². The molecule has 3 N–H and O–H groups in total. The van der Waals surface area contributed by atoms with E-state index in [9.17, 15) is 18.3 Å². The van der Waals surface area contributed by atoms with Gasteiger partial charge in [-0.25, -0.2) is 0 Å². The maximum atomic E-state index is 12.4. The Balaban J connectivity index is 2.18. The van der Waals surface area contributed by atoms with Gasteiger partial charge in [-0.2, -0.15) is 13.2 Å². The molecule has 0 heterocycles. The molecule has 1 aliphatic carbocycles. The minimum Gasteiger partial charge on any atom is -0.508 e. The molecule has 1 atom stereocenters. The van der Waals surface area contributed by atoms with Gasteiger partial charge in [0.15, 0.2) is 0 Å². The second-order valence-corrected chi connectivity index (χ2v) is 6.33. The predicted octanol–water partition coefficient (Wildman–Crippen LogP) is 4.58. The number of rotatable bonds is 3. The van der Waals surface area contributed by atoms with Crippen molar-refractivity contribution in [1.82, 2.24) is 0 Å². The first-order chi connectivity index (χ1) is 9.37. The highest BCUT2D eigenvalue weighted by Crippen LogP contribution is 2.41. The first kappa shape index (κ1) is 15.5. The first-order valence-corrected chi connectivity index (χ1v) is 7.53. The highest BCUT2D eigenvalue weighted by Gasteiger charge is 2.30. The summed E-state index contributed by atoms with van der Waals surface area (Å²) in [6.45, 7) is 0. The quantitative estimate of drug-likeness (QED) is 0.803. The Morgan fingerprint density at radius 1 is 1.20 bits per heavy atom. The number of alkyl halides is 3. The number of halogens is 3. The molecule has 1 fully saturated rings. The Bertz CT molecular complexity index is 458. The van der Waals surface area contributed by atoms with Crippen LogP contribution in [0.1, 0.15) is 43.7 Å². The first-order valence-electron chi connectivity index (χ1n) is 6.71. The van der Waals surface area contributed by atoms with Crippen molar-refractivity contribution in [3.63, 3.8) is 0 Å². The van der Waals surface area contributed by atoms with Gasteiger partial charge < -0.3 is 10.8 Å². The largest absolute Gasteiger partial charge is 0.508 e. The van der Waals surface area contributed by atoms with Crippen molar-refractivity contribution >= 4 is 11.8 Å². The van der Waals surface area contributed by atoms with Gasteiger partial charge in [0.2, 0.25) is 0 Å². The molecule has 0 bridgehead atoms. The fraction of sp³-hybridized carbons (Fsp3) is 0.571. The van der Waals surface area contributed by atoms with E-state index in [-0.39, 0.29) is 28.3 Å². The molecule has 0 aromatic heterocycles. The van der Waals surface area contributed by atoms with Crippen LogP contribution in [-0.2, 0) is 0 Å². The topological polar surface area (TPSA) is 46.2 Å². The summed E-state index contributed by atoms with van der Waals surface area (Å²) in [7, 11) is 0. The summed E-state index contributed by atoms with van der Waals surface area (Å²) in [5.74, 6) is 0.218. The summed E-state index contributed by atoms with van der Waals surface area (Å²) in [5, 5.41) is 9.86. The van der Waals surface area contributed by atoms with Crippen LogP contribution < -0.4 is 5.73 Å². The molecule has 2 nitrogen and oxygen atoms in total. The van der Waals surface area contributed by atoms with Crippen molar-refractivity contribution in [2.75, 3.05) is 0 Å². The van der Waals surface area contributed by atoms with E-state index in [1.807, 2.05) is 0 Å². The van der Waals surface area contributed by atoms with Gasteiger partial charge >= 0.3 is 5.51 Å². The van der Waals surface area contributed by atoms with Crippen LogP contribution in [0.15, 0.2) is 23.1 Å². The van der Waals surface area contributed by atoms with Crippen LogP contribution in [0.25, 0.3) is 0 Å². The maximum absolute atomic E-state index is 12.4. The highest BCUT2D eigenvalue weighted by atomic mass is 32.2. The number of benzene rings is 1. The Morgan fingerprint density at radius 2 is 1.85 bits per heavy atom. The third kappa shape index (κ3) is 4.06. The zero-order chi connectivity index (χ0) is 14.8. The summed E-state index contributed by atoms with van der Waals surface area (Å²) in [4.78, 5) is 0.0663. The zero-order valence-electron chi connectivity index (χ0n) is 11.0. The minimum absolute atomic E-state index is 0.0189. The van der Waals surface area contributed by atoms with Crippen LogP contribution in [0.2, 0.25) is 0 Å². The summed E-state index contributed by atoms with van der Waals surface area (Å²) < 4.78 is 37.2. The number of phenolic OH excluding ortho intramolecular Hbond substituents is 1. The van der Waals surface area contributed by atoms with Crippen LogP contribution in [0.3, 0.4) is 0 Å². The van der Waals surface area contributed by atoms with Crippen molar-refractivity contribution in [3.8, 4) is 5.75 Å². The van der Waals surface area contributed by atoms with Gasteiger partial charge in [-0.15, -0.1) is 0 Å². The van der Waals surface area contributed by atoms with E-state index in [4.69, 9.17) is 5.73 Å². The molecule has 6 heteroatoms. The van der Waals surface area contributed by atoms with E-state index >= 15 is 0 Å². The molecule has 0 spiro atoms. The van der Waals surface area contributed by atoms with Gasteiger partial charge in [-0.3, -0.25) is 0 Å². The van der Waals surface area contributed by atoms with Crippen LogP contribution in [0.5, 0.6) is 5.75 Å². The summed E-state index contributed by atoms with van der Waals surface area (Å²) >= 11 is -0.179. The fourth-order valence-corrected chi connectivity index (χ4v) is 3.33. The van der Waals surface area contributed by atoms with E-state index in [0.717, 1.165) is 25.7 Å². The van der Waals surface area contributed by atoms with Crippen LogP contribution >= 0.6 is 11.8 Å². The van der Waals surface area contributed by atoms with Gasteiger partial charge in [0.05, 0.1) is 0 Å². The van der Waals surface area contributed by atoms with Crippen molar-refractivity contribution in [3.05, 3.63) is 23.8 Å². The Hall–Kier alpha value is -0.880. The normalized spacial score (nSPS) is 19.0. The van der Waals surface area contributed by atoms with Gasteiger partial charge in [0, 0.05) is 16.5 Å². The number of phenols is 1. The van der Waals surface area contributed by atoms with Crippen molar-refractivity contribution in [2.45, 2.75) is 48.5 Å². The van der Waals surface area contributed by atoms with E-state index in [0.29, 0.717) is 5.56 Å². The number of aromatic hydroxyl groups is 1. The molecular weight excluding hydrogens is 287 g/mol. The van der Waals surface area contributed by atoms with Crippen LogP contribution in [-0.4, -0.2) is 10.6 Å². The molecule has 0 radical (unpaired) electrons. The van der Waals surface area contributed by atoms with Crippen LogP contribution in [0.4, 0.5) is 13.2 Å². The standard InChI is InChI=1S/C14H18F3NOS/c15-14(16,17)20-10-6-7-12(19)11(8-10)13(18)9-4-2-1-3-5-9/h6-9,13,19H,1-5,18H2/t13-/m0/s1. The lowest BCUT2D eigenvalue weighted by atomic mass is 9.81. The van der Waals surface area contributed by atoms with Gasteiger partial charge in [-0.05, 0) is 48.7 Å². The molecule has 20 heavy (non-hydrogen) atoms. The molecule has 1 aromatic rings. The highest BCUT2D eigenvalue weighted by molar-refractivity contribution is 8.00. The third-order valence-electron chi connectivity index (χ3n) is 3.75. The second-order valence-electron chi connectivity index (χ2n) is 5.19. The van der Waals surface area contributed by atoms with Gasteiger partial charge in [0.25, 0.3) is 0 Å². The van der Waals surface area contributed by atoms with E-state index in [1.54, 1.807) is 0 Å². The molecule has 1 saturated carbocycles. The molecule has 1 aliphatic rings. The van der Waals surface area contributed by atoms with Gasteiger partial charge in [0.1, 0.15) is 5.75 Å². The lowest BCUT2D eigenvalue weighted by Gasteiger charge is -2.28. The summed E-state index contributed by atoms with van der Waals surface area (Å²) in [6, 6.07) is 3.53. The molecule has 0 amide bonds. The molecule has 0 saturated heterocycles. The van der Waals surface area contributed by atoms with Crippen LogP contribution in [0, 0.1) is 5.92 Å². The number of nitrogens with two attached hydrogens (primary N) is 1. The van der Waals surface area contributed by atoms with E-state index < -0.39 is 11.6 Å². The second kappa shape index (κ2) is 6.26. The molecule has 112 valence electrons. The average Bonchev–Trinajstić information content (AvgIpc) is 2.40. The lowest BCUT2D eigenvalue weighted by Crippen LogP contribution is -2.23. The van der Waals surface area contributed by atoms with E-state index in [1.165, 1.54) is 24.6 Å². The molecule has 0 unspecified atom stereocenters. The van der Waals surface area contributed by atoms with E-state index in [2.05, 4.69) is 0 Å². The Kier molecular flexibility index (Phi) is 4.86. The maximum Gasteiger partial charge on any atom is 0.446 e. The minimum atomic E-state index is -4.33. The number of hydrogen-bond donors (Lipinski definition) is 2. The average molecular weight is 305 g/mol. The zero-order valence-corrected chi connectivity index (χ0v) is 11.8. The lowest BCUT2D eigenvalue weighted by molar-refractivity contribution is -0.0328. The fourth-order valence-electron chi connectivity index (χ4n) is 2.74.